The molecule has 1 fully saturated rings. The Kier molecular flexibility index (Phi) is 6.49. The molecule has 3 aliphatic rings. The van der Waals surface area contributed by atoms with Crippen molar-refractivity contribution in [1.29, 1.82) is 0 Å². The summed E-state index contributed by atoms with van der Waals surface area (Å²) in [5.74, 6) is 0.468. The average Bonchev–Trinajstić information content (AvgIpc) is 3.32. The number of thioether (sulfide) groups is 1. The van der Waals surface area contributed by atoms with E-state index in [1.54, 1.807) is 47.5 Å². The van der Waals surface area contributed by atoms with Crippen LogP contribution in [0.15, 0.2) is 66.0 Å². The Morgan fingerprint density at radius 1 is 1.11 bits per heavy atom. The number of methoxy groups -OCH3 is 1. The fourth-order valence-corrected chi connectivity index (χ4v) is 5.05. The first-order chi connectivity index (χ1) is 17.0. The highest BCUT2D eigenvalue weighted by molar-refractivity contribution is 8.14. The number of nitrogens with zero attached hydrogens (tertiary/aromatic N) is 5. The van der Waals surface area contributed by atoms with Crippen LogP contribution in [0, 0.1) is 5.82 Å². The molecule has 1 saturated heterocycles. The van der Waals surface area contributed by atoms with Gasteiger partial charge in [0, 0.05) is 50.3 Å². The molecule has 11 heteroatoms. The molecule has 0 aliphatic carbocycles. The lowest BCUT2D eigenvalue weighted by Gasteiger charge is -2.36. The third-order valence-electron chi connectivity index (χ3n) is 6.11. The normalized spacial score (nSPS) is 19.4. The number of carbonyl (C=O) groups is 2. The number of rotatable bonds is 5. The second-order valence-electron chi connectivity index (χ2n) is 8.17. The van der Waals surface area contributed by atoms with E-state index in [1.807, 2.05) is 23.1 Å². The third-order valence-corrected chi connectivity index (χ3v) is 7.06. The first-order valence-electron chi connectivity index (χ1n) is 11.2. The molecule has 0 bridgehead atoms. The quantitative estimate of drug-likeness (QED) is 0.680. The number of amides is 2. The van der Waals surface area contributed by atoms with Crippen molar-refractivity contribution in [2.75, 3.05) is 48.8 Å². The lowest BCUT2D eigenvalue weighted by atomic mass is 10.2. The highest BCUT2D eigenvalue weighted by atomic mass is 32.2. The molecule has 0 radical (unpaired) electrons. The van der Waals surface area contributed by atoms with Crippen LogP contribution >= 0.6 is 11.8 Å². The first-order valence-corrected chi connectivity index (χ1v) is 12.2. The Morgan fingerprint density at radius 3 is 2.63 bits per heavy atom. The Hall–Kier alpha value is -3.73. The highest BCUT2D eigenvalue weighted by Gasteiger charge is 2.38. The van der Waals surface area contributed by atoms with Crippen molar-refractivity contribution < 1.29 is 18.7 Å². The van der Waals surface area contributed by atoms with Crippen LogP contribution in [0.5, 0.6) is 5.75 Å². The molecule has 0 saturated carbocycles. The summed E-state index contributed by atoms with van der Waals surface area (Å²) in [6, 6.07) is 13.7. The van der Waals surface area contributed by atoms with Crippen LogP contribution < -0.4 is 20.0 Å². The van der Waals surface area contributed by atoms with E-state index in [-0.39, 0.29) is 23.4 Å². The van der Waals surface area contributed by atoms with Crippen molar-refractivity contribution in [3.8, 4) is 5.75 Å². The molecule has 1 atom stereocenters. The number of carbonyl (C=O) groups excluding carboxylic acids is 2. The Morgan fingerprint density at radius 2 is 1.89 bits per heavy atom. The summed E-state index contributed by atoms with van der Waals surface area (Å²) in [7, 11) is 1.58. The average molecular weight is 497 g/mol. The van der Waals surface area contributed by atoms with Crippen LogP contribution in [0.1, 0.15) is 0 Å². The smallest absolute Gasteiger partial charge is 0.276 e. The number of anilines is 2. The van der Waals surface area contributed by atoms with Crippen molar-refractivity contribution in [2.24, 2.45) is 5.10 Å². The van der Waals surface area contributed by atoms with Gasteiger partial charge >= 0.3 is 0 Å². The van der Waals surface area contributed by atoms with E-state index in [0.29, 0.717) is 42.8 Å². The van der Waals surface area contributed by atoms with Crippen LogP contribution in [-0.4, -0.2) is 72.0 Å². The molecule has 2 amide bonds. The maximum absolute atomic E-state index is 13.2. The molecule has 0 spiro atoms. The first kappa shape index (κ1) is 23.0. The fraction of sp³-hybridized carbons (Fsp3) is 0.292. The monoisotopic (exact) mass is 496 g/mol. The van der Waals surface area contributed by atoms with E-state index in [4.69, 9.17) is 4.74 Å². The van der Waals surface area contributed by atoms with Crippen molar-refractivity contribution in [3.63, 3.8) is 0 Å². The maximum Gasteiger partial charge on any atom is 0.276 e. The van der Waals surface area contributed by atoms with Gasteiger partial charge in [-0.2, -0.15) is 5.10 Å². The summed E-state index contributed by atoms with van der Waals surface area (Å²) < 4.78 is 18.4. The second-order valence-corrected chi connectivity index (χ2v) is 9.12. The van der Waals surface area contributed by atoms with Gasteiger partial charge in [-0.15, -0.1) is 0 Å². The molecule has 3 heterocycles. The largest absolute Gasteiger partial charge is 0.497 e. The second kappa shape index (κ2) is 9.87. The summed E-state index contributed by atoms with van der Waals surface area (Å²) >= 11 is 1.30. The fourth-order valence-electron chi connectivity index (χ4n) is 4.18. The highest BCUT2D eigenvalue weighted by Crippen LogP contribution is 2.28. The predicted octanol–water partition coefficient (Wildman–Crippen LogP) is 2.24. The Bertz CT molecular complexity index is 1170. The van der Waals surface area contributed by atoms with Gasteiger partial charge in [0.05, 0.1) is 18.6 Å². The Balaban J connectivity index is 1.14. The minimum atomic E-state index is -0.664. The summed E-state index contributed by atoms with van der Waals surface area (Å²) in [5.41, 5.74) is 4.53. The van der Waals surface area contributed by atoms with Crippen molar-refractivity contribution in [1.82, 2.24) is 15.2 Å². The van der Waals surface area contributed by atoms with Gasteiger partial charge in [0.2, 0.25) is 12.1 Å². The summed E-state index contributed by atoms with van der Waals surface area (Å²) in [5, 5.41) is 4.86. The van der Waals surface area contributed by atoms with E-state index >= 15 is 0 Å². The van der Waals surface area contributed by atoms with Crippen LogP contribution in [0.3, 0.4) is 0 Å². The molecule has 1 unspecified atom stereocenters. The van der Waals surface area contributed by atoms with Crippen LogP contribution in [0.2, 0.25) is 0 Å². The zero-order valence-electron chi connectivity index (χ0n) is 19.1. The van der Waals surface area contributed by atoms with E-state index in [0.717, 1.165) is 5.69 Å². The SMILES string of the molecule is COc1cccc(N2C=CN3C(SCC(=O)N4CCN(c5ccc(F)cc5)CC4)=NNC3C2=O)c1. The van der Waals surface area contributed by atoms with Crippen molar-refractivity contribution >= 4 is 40.1 Å². The molecule has 35 heavy (non-hydrogen) atoms. The van der Waals surface area contributed by atoms with E-state index in [2.05, 4.69) is 15.4 Å². The van der Waals surface area contributed by atoms with Crippen molar-refractivity contribution in [3.05, 3.63) is 66.7 Å². The van der Waals surface area contributed by atoms with E-state index < -0.39 is 6.17 Å². The predicted molar refractivity (Wildman–Crippen MR) is 133 cm³/mol. The lowest BCUT2D eigenvalue weighted by molar-refractivity contribution is -0.128. The van der Waals surface area contributed by atoms with Gasteiger partial charge in [-0.25, -0.2) is 4.39 Å². The minimum absolute atomic E-state index is 0.0187. The van der Waals surface area contributed by atoms with Gasteiger partial charge in [-0.1, -0.05) is 17.8 Å². The number of hydrogen-bond acceptors (Lipinski definition) is 8. The molecule has 9 nitrogen and oxygen atoms in total. The molecule has 5 rings (SSSR count). The van der Waals surface area contributed by atoms with Crippen LogP contribution in [0.4, 0.5) is 15.8 Å². The number of halogens is 1. The van der Waals surface area contributed by atoms with Gasteiger partial charge in [-0.05, 0) is 36.4 Å². The van der Waals surface area contributed by atoms with Gasteiger partial charge in [0.1, 0.15) is 11.6 Å². The molecule has 182 valence electrons. The minimum Gasteiger partial charge on any atom is -0.497 e. The molecular weight excluding hydrogens is 471 g/mol. The zero-order chi connectivity index (χ0) is 24.4. The van der Waals surface area contributed by atoms with Gasteiger partial charge in [-0.3, -0.25) is 24.8 Å². The lowest BCUT2D eigenvalue weighted by Crippen LogP contribution is -2.52. The maximum atomic E-state index is 13.2. The number of benzene rings is 2. The summed E-state index contributed by atoms with van der Waals surface area (Å²) in [6.07, 6.45) is 2.80. The number of amidine groups is 1. The molecule has 0 aromatic heterocycles. The molecule has 2 aromatic rings. The summed E-state index contributed by atoms with van der Waals surface area (Å²) in [4.78, 5) is 33.1. The van der Waals surface area contributed by atoms with Gasteiger partial charge < -0.3 is 14.5 Å². The number of piperazine rings is 1. The summed E-state index contributed by atoms with van der Waals surface area (Å²) in [6.45, 7) is 2.58. The topological polar surface area (TPSA) is 80.7 Å². The van der Waals surface area contributed by atoms with E-state index in [1.165, 1.54) is 23.9 Å². The van der Waals surface area contributed by atoms with Crippen LogP contribution in [0.25, 0.3) is 0 Å². The molecule has 1 N–H and O–H groups in total. The molecule has 3 aliphatic heterocycles. The van der Waals surface area contributed by atoms with E-state index in [9.17, 15) is 14.0 Å². The standard InChI is InChI=1S/C24H25FN6O3S/c1-34-20-4-2-3-19(15-20)30-13-14-31-22(23(30)33)26-27-24(31)35-16-21(32)29-11-9-28(10-12-29)18-7-5-17(25)6-8-18/h2-8,13-15,22,26H,9-12,16H2,1H3. The van der Waals surface area contributed by atoms with Gasteiger partial charge in [0.15, 0.2) is 5.17 Å². The van der Waals surface area contributed by atoms with Crippen molar-refractivity contribution in [2.45, 2.75) is 6.17 Å². The number of nitrogens with one attached hydrogen (secondary N) is 1. The molecule has 2 aromatic carbocycles. The van der Waals surface area contributed by atoms with Crippen LogP contribution in [-0.2, 0) is 9.59 Å². The third kappa shape index (κ3) is 4.76. The Labute approximate surface area is 206 Å². The molecular formula is C24H25FN6O3S. The number of hydrazone groups is 1. The number of fused-ring (bicyclic) bond motifs is 1. The number of hydrogen-bond donors (Lipinski definition) is 1. The van der Waals surface area contributed by atoms with Gasteiger partial charge in [0.25, 0.3) is 5.91 Å². The zero-order valence-corrected chi connectivity index (χ0v) is 19.9. The number of ether oxygens (including phenoxy) is 1.